The third-order valence-corrected chi connectivity index (χ3v) is 3.50. The molecule has 1 amide bonds. The maximum absolute atomic E-state index is 12.7. The van der Waals surface area contributed by atoms with Crippen LogP contribution in [0.5, 0.6) is 0 Å². The summed E-state index contributed by atoms with van der Waals surface area (Å²) in [6.07, 6.45) is -1.37. The number of carboxylic acid groups (broad SMARTS) is 1. The largest absolute Gasteiger partial charge is 0.481 e. The van der Waals surface area contributed by atoms with Crippen molar-refractivity contribution in [2.24, 2.45) is 0 Å². The maximum Gasteiger partial charge on any atom is 0.435 e. The van der Waals surface area contributed by atoms with E-state index in [1.165, 1.54) is 0 Å². The first-order valence-corrected chi connectivity index (χ1v) is 7.46. The zero-order valence-electron chi connectivity index (χ0n) is 12.4. The summed E-state index contributed by atoms with van der Waals surface area (Å²) in [6, 6.07) is 0.639. The number of carboxylic acids is 1. The number of hydrogen-bond donors (Lipinski definition) is 2. The van der Waals surface area contributed by atoms with Crippen molar-refractivity contribution >= 4 is 11.9 Å². The van der Waals surface area contributed by atoms with Crippen LogP contribution >= 0.6 is 0 Å². The van der Waals surface area contributed by atoms with E-state index in [1.54, 1.807) is 0 Å². The Morgan fingerprint density at radius 1 is 1.30 bits per heavy atom. The Morgan fingerprint density at radius 2 is 2.00 bits per heavy atom. The van der Waals surface area contributed by atoms with Gasteiger partial charge in [0.1, 0.15) is 5.69 Å². The van der Waals surface area contributed by atoms with Gasteiger partial charge in [-0.2, -0.15) is 18.3 Å². The molecule has 23 heavy (non-hydrogen) atoms. The summed E-state index contributed by atoms with van der Waals surface area (Å²) < 4.78 is 39.3. The molecule has 0 atom stereocenters. The predicted octanol–water partition coefficient (Wildman–Crippen LogP) is 2.61. The first kappa shape index (κ1) is 17.3. The van der Waals surface area contributed by atoms with Crippen LogP contribution in [0.25, 0.3) is 0 Å². The molecule has 0 saturated heterocycles. The minimum atomic E-state index is -4.58. The minimum Gasteiger partial charge on any atom is -0.481 e. The summed E-state index contributed by atoms with van der Waals surface area (Å²) >= 11 is 0. The molecule has 6 nitrogen and oxygen atoms in total. The van der Waals surface area contributed by atoms with Crippen molar-refractivity contribution in [3.05, 3.63) is 17.5 Å². The Morgan fingerprint density at radius 3 is 2.57 bits per heavy atom. The van der Waals surface area contributed by atoms with Crippen LogP contribution in [0.2, 0.25) is 0 Å². The van der Waals surface area contributed by atoms with Gasteiger partial charge in [-0.3, -0.25) is 14.3 Å². The van der Waals surface area contributed by atoms with Crippen molar-refractivity contribution in [1.29, 1.82) is 0 Å². The topological polar surface area (TPSA) is 84.2 Å². The van der Waals surface area contributed by atoms with Crippen LogP contribution in [-0.2, 0) is 11.0 Å². The van der Waals surface area contributed by atoms with E-state index in [2.05, 4.69) is 10.4 Å². The standard InChI is InChI=1S/C14H18F3N3O3/c15-14(16,17)11-8-10(20(19-11)9-5-6-9)13(23)18-7-3-1-2-4-12(21)22/h8-9H,1-7H2,(H,18,23)(H,21,22). The molecule has 0 aliphatic heterocycles. The first-order chi connectivity index (χ1) is 10.8. The molecule has 1 heterocycles. The number of unbranched alkanes of at least 4 members (excludes halogenated alkanes) is 2. The van der Waals surface area contributed by atoms with Crippen molar-refractivity contribution in [2.45, 2.75) is 50.7 Å². The summed E-state index contributed by atoms with van der Waals surface area (Å²) in [4.78, 5) is 22.4. The van der Waals surface area contributed by atoms with Crippen LogP contribution < -0.4 is 5.32 Å². The number of aliphatic carboxylic acids is 1. The third kappa shape index (κ3) is 4.97. The van der Waals surface area contributed by atoms with Crippen LogP contribution in [0.15, 0.2) is 6.07 Å². The summed E-state index contributed by atoms with van der Waals surface area (Å²) in [5.41, 5.74) is -1.14. The fourth-order valence-electron chi connectivity index (χ4n) is 2.17. The number of nitrogens with one attached hydrogen (secondary N) is 1. The number of carbonyl (C=O) groups excluding carboxylic acids is 1. The van der Waals surface area contributed by atoms with E-state index in [1.807, 2.05) is 0 Å². The van der Waals surface area contributed by atoms with Gasteiger partial charge in [0.05, 0.1) is 6.04 Å². The van der Waals surface area contributed by atoms with Gasteiger partial charge in [0.15, 0.2) is 5.69 Å². The highest BCUT2D eigenvalue weighted by Crippen LogP contribution is 2.37. The lowest BCUT2D eigenvalue weighted by Gasteiger charge is -2.07. The van der Waals surface area contributed by atoms with Crippen LogP contribution in [0, 0.1) is 0 Å². The van der Waals surface area contributed by atoms with Crippen molar-refractivity contribution in [3.63, 3.8) is 0 Å². The van der Waals surface area contributed by atoms with Gasteiger partial charge in [-0.1, -0.05) is 6.42 Å². The Balaban J connectivity index is 1.88. The lowest BCUT2D eigenvalue weighted by Crippen LogP contribution is -2.27. The van der Waals surface area contributed by atoms with Crippen molar-refractivity contribution < 1.29 is 27.9 Å². The molecule has 1 saturated carbocycles. The molecule has 0 bridgehead atoms. The number of carbonyl (C=O) groups is 2. The van der Waals surface area contributed by atoms with Gasteiger partial charge >= 0.3 is 12.1 Å². The molecule has 1 fully saturated rings. The predicted molar refractivity (Wildman–Crippen MR) is 73.9 cm³/mol. The summed E-state index contributed by atoms with van der Waals surface area (Å²) in [5.74, 6) is -1.46. The SMILES string of the molecule is O=C(O)CCCCCNC(=O)c1cc(C(F)(F)F)nn1C1CC1. The summed E-state index contributed by atoms with van der Waals surface area (Å²) in [7, 11) is 0. The normalized spacial score (nSPS) is 14.7. The van der Waals surface area contributed by atoms with Crippen LogP contribution in [-0.4, -0.2) is 33.3 Å². The fourth-order valence-corrected chi connectivity index (χ4v) is 2.17. The number of rotatable bonds is 8. The average Bonchev–Trinajstić information content (AvgIpc) is 3.19. The third-order valence-electron chi connectivity index (χ3n) is 3.50. The highest BCUT2D eigenvalue weighted by molar-refractivity contribution is 5.92. The van der Waals surface area contributed by atoms with E-state index < -0.39 is 23.7 Å². The Kier molecular flexibility index (Phi) is 5.27. The van der Waals surface area contributed by atoms with Gasteiger partial charge in [-0.05, 0) is 25.7 Å². The van der Waals surface area contributed by atoms with Crippen LogP contribution in [0.3, 0.4) is 0 Å². The average molecular weight is 333 g/mol. The molecule has 128 valence electrons. The number of halogens is 3. The second-order valence-electron chi connectivity index (χ2n) is 5.55. The molecule has 1 aliphatic carbocycles. The zero-order chi connectivity index (χ0) is 17.0. The molecule has 1 aliphatic rings. The van der Waals surface area contributed by atoms with E-state index >= 15 is 0 Å². The molecule has 1 aromatic heterocycles. The van der Waals surface area contributed by atoms with Gasteiger partial charge in [0, 0.05) is 19.0 Å². The lowest BCUT2D eigenvalue weighted by atomic mass is 10.2. The monoisotopic (exact) mass is 333 g/mol. The molecule has 0 aromatic carbocycles. The van der Waals surface area contributed by atoms with Crippen LogP contribution in [0.4, 0.5) is 13.2 Å². The minimum absolute atomic E-state index is 0.0668. The number of alkyl halides is 3. The molecule has 0 unspecified atom stereocenters. The molecular formula is C14H18F3N3O3. The van der Waals surface area contributed by atoms with Gasteiger partial charge < -0.3 is 10.4 Å². The quantitative estimate of drug-likeness (QED) is 0.716. The molecule has 2 N–H and O–H groups in total. The molecular weight excluding hydrogens is 315 g/mol. The molecule has 9 heteroatoms. The molecule has 0 spiro atoms. The Hall–Kier alpha value is -2.06. The first-order valence-electron chi connectivity index (χ1n) is 7.46. The van der Waals surface area contributed by atoms with Crippen molar-refractivity contribution in [2.75, 3.05) is 6.54 Å². The highest BCUT2D eigenvalue weighted by atomic mass is 19.4. The molecule has 2 rings (SSSR count). The second-order valence-corrected chi connectivity index (χ2v) is 5.55. The second kappa shape index (κ2) is 7.01. The van der Waals surface area contributed by atoms with Crippen molar-refractivity contribution in [3.8, 4) is 0 Å². The van der Waals surface area contributed by atoms with Gasteiger partial charge in [-0.15, -0.1) is 0 Å². The number of nitrogens with zero attached hydrogens (tertiary/aromatic N) is 2. The maximum atomic E-state index is 12.7. The fraction of sp³-hybridized carbons (Fsp3) is 0.643. The smallest absolute Gasteiger partial charge is 0.435 e. The zero-order valence-corrected chi connectivity index (χ0v) is 12.4. The van der Waals surface area contributed by atoms with Gasteiger partial charge in [0.25, 0.3) is 5.91 Å². The van der Waals surface area contributed by atoms with E-state index in [0.717, 1.165) is 10.7 Å². The molecule has 0 radical (unpaired) electrons. The van der Waals surface area contributed by atoms with E-state index in [9.17, 15) is 22.8 Å². The number of hydrogen-bond acceptors (Lipinski definition) is 3. The van der Waals surface area contributed by atoms with E-state index in [-0.39, 0.29) is 24.7 Å². The van der Waals surface area contributed by atoms with Crippen molar-refractivity contribution in [1.82, 2.24) is 15.1 Å². The Bertz CT molecular complexity index is 580. The number of aromatic nitrogens is 2. The van der Waals surface area contributed by atoms with E-state index in [4.69, 9.17) is 5.11 Å². The Labute approximate surface area is 130 Å². The van der Waals surface area contributed by atoms with Gasteiger partial charge in [-0.25, -0.2) is 0 Å². The van der Waals surface area contributed by atoms with Crippen LogP contribution in [0.1, 0.15) is 60.7 Å². The molecule has 1 aromatic rings. The highest BCUT2D eigenvalue weighted by Gasteiger charge is 2.38. The summed E-state index contributed by atoms with van der Waals surface area (Å²) in [6.45, 7) is 0.287. The number of amides is 1. The van der Waals surface area contributed by atoms with Gasteiger partial charge in [0.2, 0.25) is 0 Å². The lowest BCUT2D eigenvalue weighted by molar-refractivity contribution is -0.141. The summed E-state index contributed by atoms with van der Waals surface area (Å²) in [5, 5.41) is 14.6. The van der Waals surface area contributed by atoms with E-state index in [0.29, 0.717) is 32.1 Å².